The van der Waals surface area contributed by atoms with E-state index in [0.717, 1.165) is 22.2 Å². The van der Waals surface area contributed by atoms with Crippen LogP contribution in [0, 0.1) is 6.92 Å². The van der Waals surface area contributed by atoms with Gasteiger partial charge in [0.25, 0.3) is 0 Å². The number of carbonyl (C=O) groups is 1. The van der Waals surface area contributed by atoms with Gasteiger partial charge in [0.1, 0.15) is 6.33 Å². The largest absolute Gasteiger partial charge is 0.366 e. The molecule has 0 atom stereocenters. The molecule has 0 aliphatic rings. The molecule has 2 aromatic carbocycles. The molecule has 108 valence electrons. The first-order valence-corrected chi connectivity index (χ1v) is 6.98. The summed E-state index contributed by atoms with van der Waals surface area (Å²) in [4.78, 5) is 18.9. The maximum atomic E-state index is 11.3. The number of benzene rings is 2. The molecule has 0 bridgehead atoms. The SMILES string of the molecule is Cc1c[nH]c2ccc(-n3cnc4cc(C(N)=O)ccc43)cc12. The van der Waals surface area contributed by atoms with Crippen molar-refractivity contribution in [1.29, 1.82) is 0 Å². The Balaban J connectivity index is 1.92. The van der Waals surface area contributed by atoms with Gasteiger partial charge in [0.15, 0.2) is 0 Å². The van der Waals surface area contributed by atoms with E-state index in [4.69, 9.17) is 5.73 Å². The standard InChI is InChI=1S/C17H14N4O/c1-10-8-19-14-4-3-12(7-13(10)14)21-9-20-15-6-11(17(18)22)2-5-16(15)21/h2-9,19H,1H3,(H2,18,22). The van der Waals surface area contributed by atoms with E-state index in [9.17, 15) is 4.79 Å². The second kappa shape index (κ2) is 4.46. The molecule has 0 fully saturated rings. The smallest absolute Gasteiger partial charge is 0.248 e. The average Bonchev–Trinajstić information content (AvgIpc) is 3.10. The first kappa shape index (κ1) is 12.6. The monoisotopic (exact) mass is 290 g/mol. The number of aromatic nitrogens is 3. The zero-order valence-electron chi connectivity index (χ0n) is 12.0. The third kappa shape index (κ3) is 1.79. The fraction of sp³-hybridized carbons (Fsp3) is 0.0588. The Bertz CT molecular complexity index is 1030. The van der Waals surface area contributed by atoms with Crippen LogP contribution in [0.1, 0.15) is 15.9 Å². The van der Waals surface area contributed by atoms with Crippen molar-refractivity contribution in [2.75, 3.05) is 0 Å². The van der Waals surface area contributed by atoms with Gasteiger partial charge in [0.2, 0.25) is 5.91 Å². The lowest BCUT2D eigenvalue weighted by atomic mass is 10.1. The number of fused-ring (bicyclic) bond motifs is 2. The number of aryl methyl sites for hydroxylation is 1. The molecular weight excluding hydrogens is 276 g/mol. The number of amides is 1. The Morgan fingerprint density at radius 2 is 2.09 bits per heavy atom. The molecule has 0 spiro atoms. The molecule has 0 aliphatic heterocycles. The van der Waals surface area contributed by atoms with E-state index in [1.54, 1.807) is 18.5 Å². The van der Waals surface area contributed by atoms with Gasteiger partial charge < -0.3 is 10.7 Å². The Kier molecular flexibility index (Phi) is 2.56. The highest BCUT2D eigenvalue weighted by Crippen LogP contribution is 2.24. The van der Waals surface area contributed by atoms with Gasteiger partial charge in [-0.1, -0.05) is 0 Å². The minimum absolute atomic E-state index is 0.444. The minimum atomic E-state index is -0.444. The van der Waals surface area contributed by atoms with E-state index < -0.39 is 5.91 Å². The quantitative estimate of drug-likeness (QED) is 0.595. The topological polar surface area (TPSA) is 76.7 Å². The molecule has 0 saturated carbocycles. The molecule has 0 saturated heterocycles. The highest BCUT2D eigenvalue weighted by atomic mass is 16.1. The van der Waals surface area contributed by atoms with Gasteiger partial charge in [0, 0.05) is 28.4 Å². The normalized spacial score (nSPS) is 11.3. The summed E-state index contributed by atoms with van der Waals surface area (Å²) in [5.74, 6) is -0.444. The van der Waals surface area contributed by atoms with Crippen molar-refractivity contribution >= 4 is 27.8 Å². The minimum Gasteiger partial charge on any atom is -0.366 e. The van der Waals surface area contributed by atoms with E-state index >= 15 is 0 Å². The van der Waals surface area contributed by atoms with Crippen LogP contribution in [0.5, 0.6) is 0 Å². The molecule has 22 heavy (non-hydrogen) atoms. The van der Waals surface area contributed by atoms with Crippen LogP contribution in [-0.4, -0.2) is 20.4 Å². The molecule has 0 unspecified atom stereocenters. The van der Waals surface area contributed by atoms with Gasteiger partial charge >= 0.3 is 0 Å². The second-order valence-electron chi connectivity index (χ2n) is 5.38. The summed E-state index contributed by atoms with van der Waals surface area (Å²) in [6.07, 6.45) is 3.76. The van der Waals surface area contributed by atoms with Gasteiger partial charge in [-0.15, -0.1) is 0 Å². The molecule has 4 rings (SSSR count). The fourth-order valence-corrected chi connectivity index (χ4v) is 2.77. The Labute approximate surface area is 126 Å². The molecule has 2 aromatic heterocycles. The van der Waals surface area contributed by atoms with Crippen molar-refractivity contribution in [3.8, 4) is 5.69 Å². The molecule has 0 radical (unpaired) electrons. The number of nitrogens with one attached hydrogen (secondary N) is 1. The van der Waals surface area contributed by atoms with Crippen LogP contribution >= 0.6 is 0 Å². The summed E-state index contributed by atoms with van der Waals surface area (Å²) < 4.78 is 2.01. The number of nitrogens with zero attached hydrogens (tertiary/aromatic N) is 2. The lowest BCUT2D eigenvalue weighted by Crippen LogP contribution is -2.10. The number of hydrogen-bond donors (Lipinski definition) is 2. The van der Waals surface area contributed by atoms with Gasteiger partial charge in [-0.3, -0.25) is 9.36 Å². The van der Waals surface area contributed by atoms with Crippen molar-refractivity contribution in [2.45, 2.75) is 6.92 Å². The third-order valence-electron chi connectivity index (χ3n) is 3.98. The van der Waals surface area contributed by atoms with Crippen molar-refractivity contribution in [3.63, 3.8) is 0 Å². The van der Waals surface area contributed by atoms with Gasteiger partial charge in [-0.2, -0.15) is 0 Å². The number of nitrogens with two attached hydrogens (primary N) is 1. The first-order chi connectivity index (χ1) is 10.6. The second-order valence-corrected chi connectivity index (χ2v) is 5.38. The number of imidazole rings is 1. The van der Waals surface area contributed by atoms with Crippen LogP contribution < -0.4 is 5.73 Å². The van der Waals surface area contributed by atoms with Crippen molar-refractivity contribution in [2.24, 2.45) is 5.73 Å². The molecule has 4 aromatic rings. The maximum absolute atomic E-state index is 11.3. The number of H-pyrrole nitrogens is 1. The molecular formula is C17H14N4O. The number of carbonyl (C=O) groups excluding carboxylic acids is 1. The van der Waals surface area contributed by atoms with Crippen LogP contribution in [-0.2, 0) is 0 Å². The van der Waals surface area contributed by atoms with E-state index in [2.05, 4.69) is 29.0 Å². The van der Waals surface area contributed by atoms with Crippen LogP contribution in [0.25, 0.3) is 27.6 Å². The zero-order chi connectivity index (χ0) is 15.3. The molecule has 0 aliphatic carbocycles. The molecule has 1 amide bonds. The van der Waals surface area contributed by atoms with Crippen LogP contribution in [0.3, 0.4) is 0 Å². The van der Waals surface area contributed by atoms with Crippen LogP contribution in [0.15, 0.2) is 48.9 Å². The summed E-state index contributed by atoms with van der Waals surface area (Å²) in [7, 11) is 0. The highest BCUT2D eigenvalue weighted by molar-refractivity contribution is 5.96. The third-order valence-corrected chi connectivity index (χ3v) is 3.98. The first-order valence-electron chi connectivity index (χ1n) is 6.98. The number of rotatable bonds is 2. The van der Waals surface area contributed by atoms with E-state index in [-0.39, 0.29) is 0 Å². The summed E-state index contributed by atoms with van der Waals surface area (Å²) in [6.45, 7) is 2.08. The average molecular weight is 290 g/mol. The number of aromatic amines is 1. The predicted molar refractivity (Wildman–Crippen MR) is 86.2 cm³/mol. The fourth-order valence-electron chi connectivity index (χ4n) is 2.77. The van der Waals surface area contributed by atoms with Crippen molar-refractivity contribution in [3.05, 3.63) is 60.0 Å². The van der Waals surface area contributed by atoms with Crippen molar-refractivity contribution < 1.29 is 4.79 Å². The molecule has 3 N–H and O–H groups in total. The van der Waals surface area contributed by atoms with Crippen molar-refractivity contribution in [1.82, 2.24) is 14.5 Å². The number of primary amides is 1. The Morgan fingerprint density at radius 1 is 1.23 bits per heavy atom. The van der Waals surface area contributed by atoms with Crippen LogP contribution in [0.2, 0.25) is 0 Å². The van der Waals surface area contributed by atoms with Gasteiger partial charge in [-0.25, -0.2) is 4.98 Å². The van der Waals surface area contributed by atoms with E-state index in [1.165, 1.54) is 10.9 Å². The Hall–Kier alpha value is -3.08. The molecule has 5 heteroatoms. The molecule has 5 nitrogen and oxygen atoms in total. The summed E-state index contributed by atoms with van der Waals surface area (Å²) in [5, 5.41) is 1.19. The number of hydrogen-bond acceptors (Lipinski definition) is 2. The summed E-state index contributed by atoms with van der Waals surface area (Å²) in [5.41, 5.74) is 10.8. The maximum Gasteiger partial charge on any atom is 0.248 e. The van der Waals surface area contributed by atoms with Gasteiger partial charge in [-0.05, 0) is 48.9 Å². The van der Waals surface area contributed by atoms with E-state index in [1.807, 2.05) is 22.9 Å². The summed E-state index contributed by atoms with van der Waals surface area (Å²) >= 11 is 0. The lowest BCUT2D eigenvalue weighted by molar-refractivity contribution is 0.100. The molecule has 2 heterocycles. The zero-order valence-corrected chi connectivity index (χ0v) is 12.0. The Morgan fingerprint density at radius 3 is 2.91 bits per heavy atom. The van der Waals surface area contributed by atoms with Crippen LogP contribution in [0.4, 0.5) is 0 Å². The highest BCUT2D eigenvalue weighted by Gasteiger charge is 2.09. The summed E-state index contributed by atoms with van der Waals surface area (Å²) in [6, 6.07) is 11.5. The predicted octanol–water partition coefficient (Wildman–Crippen LogP) is 2.91. The van der Waals surface area contributed by atoms with E-state index in [0.29, 0.717) is 5.56 Å². The lowest BCUT2D eigenvalue weighted by Gasteiger charge is -2.05. The van der Waals surface area contributed by atoms with Gasteiger partial charge in [0.05, 0.1) is 11.0 Å².